The van der Waals surface area contributed by atoms with Crippen molar-refractivity contribution in [1.82, 2.24) is 15.1 Å². The summed E-state index contributed by atoms with van der Waals surface area (Å²) in [6, 6.07) is 5.29. The van der Waals surface area contributed by atoms with Gasteiger partial charge in [-0.3, -0.25) is 4.79 Å². The number of hydrogen-bond acceptors (Lipinski definition) is 5. The monoisotopic (exact) mass is 356 g/mol. The Morgan fingerprint density at radius 2 is 1.88 bits per heavy atom. The van der Waals surface area contributed by atoms with Gasteiger partial charge in [0.25, 0.3) is 0 Å². The minimum absolute atomic E-state index is 0.0714. The third-order valence-electron chi connectivity index (χ3n) is 3.45. The summed E-state index contributed by atoms with van der Waals surface area (Å²) in [6.45, 7) is 0. The summed E-state index contributed by atoms with van der Waals surface area (Å²) in [6.07, 6.45) is 1.79. The van der Waals surface area contributed by atoms with Crippen LogP contribution < -0.4 is 5.32 Å². The fourth-order valence-electron chi connectivity index (χ4n) is 2.21. The first kappa shape index (κ1) is 18.9. The summed E-state index contributed by atoms with van der Waals surface area (Å²) in [5.41, 5.74) is 0. The first-order chi connectivity index (χ1) is 11.9. The van der Waals surface area contributed by atoms with Crippen molar-refractivity contribution in [3.63, 3.8) is 0 Å². The van der Waals surface area contributed by atoms with Crippen molar-refractivity contribution in [2.45, 2.75) is 51.1 Å². The highest BCUT2D eigenvalue weighted by atomic mass is 19.4. The number of nitrogens with zero attached hydrogens (tertiary/aromatic N) is 3. The van der Waals surface area contributed by atoms with Crippen molar-refractivity contribution >= 4 is 11.7 Å². The predicted octanol–water partition coefficient (Wildman–Crippen LogP) is 4.01. The van der Waals surface area contributed by atoms with E-state index in [1.54, 1.807) is 24.4 Å². The maximum Gasteiger partial charge on any atom is 0.471 e. The zero-order valence-electron chi connectivity index (χ0n) is 13.6. The van der Waals surface area contributed by atoms with Crippen molar-refractivity contribution in [2.24, 2.45) is 0 Å². The molecular weight excluding hydrogens is 337 g/mol. The molecule has 1 N–H and O–H groups in total. The molecule has 0 saturated heterocycles. The lowest BCUT2D eigenvalue weighted by atomic mass is 10.1. The van der Waals surface area contributed by atoms with Gasteiger partial charge in [-0.05, 0) is 25.0 Å². The Kier molecular flexibility index (Phi) is 6.91. The minimum Gasteiger partial charge on any atom is -0.329 e. The maximum absolute atomic E-state index is 12.3. The molecule has 2 heterocycles. The van der Waals surface area contributed by atoms with Crippen LogP contribution in [0.3, 0.4) is 0 Å². The summed E-state index contributed by atoms with van der Waals surface area (Å²) in [5, 5.41) is 6.03. The van der Waals surface area contributed by atoms with Crippen LogP contribution in [-0.2, 0) is 17.4 Å². The van der Waals surface area contributed by atoms with Crippen molar-refractivity contribution in [3.8, 4) is 0 Å². The topological polar surface area (TPSA) is 80.9 Å². The lowest BCUT2D eigenvalue weighted by molar-refractivity contribution is -0.159. The number of nitrogens with one attached hydrogen (secondary N) is 1. The summed E-state index contributed by atoms with van der Waals surface area (Å²) in [4.78, 5) is 19.0. The van der Waals surface area contributed by atoms with E-state index in [9.17, 15) is 18.0 Å². The summed E-state index contributed by atoms with van der Waals surface area (Å²) in [5.74, 6) is -0.778. The van der Waals surface area contributed by atoms with Crippen LogP contribution in [-0.4, -0.2) is 21.0 Å². The molecule has 0 aromatic carbocycles. The number of carbonyl (C=O) groups is 1. The van der Waals surface area contributed by atoms with Crippen LogP contribution >= 0.6 is 0 Å². The molecule has 0 unspecified atom stereocenters. The van der Waals surface area contributed by atoms with Gasteiger partial charge in [-0.1, -0.05) is 30.5 Å². The van der Waals surface area contributed by atoms with Gasteiger partial charge < -0.3 is 9.84 Å². The van der Waals surface area contributed by atoms with Crippen LogP contribution in [0.15, 0.2) is 28.9 Å². The van der Waals surface area contributed by atoms with Gasteiger partial charge in [0.2, 0.25) is 5.91 Å². The Labute approximate surface area is 142 Å². The molecule has 0 saturated carbocycles. The average Bonchev–Trinajstić information content (AvgIpc) is 3.04. The van der Waals surface area contributed by atoms with Crippen molar-refractivity contribution < 1.29 is 22.5 Å². The number of rotatable bonds is 9. The number of pyridine rings is 1. The predicted molar refractivity (Wildman–Crippen MR) is 83.6 cm³/mol. The second-order valence-electron chi connectivity index (χ2n) is 5.54. The van der Waals surface area contributed by atoms with Gasteiger partial charge in [-0.25, -0.2) is 4.98 Å². The third kappa shape index (κ3) is 6.90. The van der Waals surface area contributed by atoms with Crippen molar-refractivity contribution in [2.75, 3.05) is 5.32 Å². The lowest BCUT2D eigenvalue weighted by Gasteiger charge is -2.04. The second kappa shape index (κ2) is 9.14. The van der Waals surface area contributed by atoms with Crippen LogP contribution in [0.4, 0.5) is 19.0 Å². The molecule has 6 nitrogen and oxygen atoms in total. The molecular formula is C16H19F3N4O2. The fourth-order valence-corrected chi connectivity index (χ4v) is 2.21. The molecule has 0 aliphatic heterocycles. The van der Waals surface area contributed by atoms with E-state index in [1.807, 2.05) is 0 Å². The zero-order chi connectivity index (χ0) is 18.1. The Balaban J connectivity index is 1.52. The Morgan fingerprint density at radius 3 is 2.56 bits per heavy atom. The van der Waals surface area contributed by atoms with E-state index in [2.05, 4.69) is 25.0 Å². The summed E-state index contributed by atoms with van der Waals surface area (Å²) in [7, 11) is 0. The van der Waals surface area contributed by atoms with E-state index in [0.717, 1.165) is 25.7 Å². The molecule has 0 bridgehead atoms. The molecule has 1 amide bonds. The van der Waals surface area contributed by atoms with Crippen molar-refractivity contribution in [3.05, 3.63) is 36.1 Å². The van der Waals surface area contributed by atoms with Crippen LogP contribution in [0.25, 0.3) is 0 Å². The third-order valence-corrected chi connectivity index (χ3v) is 3.45. The molecule has 0 atom stereocenters. The molecule has 0 fully saturated rings. The van der Waals surface area contributed by atoms with Crippen LogP contribution in [0.1, 0.15) is 50.2 Å². The molecule has 0 aliphatic carbocycles. The van der Waals surface area contributed by atoms with Gasteiger partial charge in [0.15, 0.2) is 5.82 Å². The number of amides is 1. The van der Waals surface area contributed by atoms with E-state index in [4.69, 9.17) is 0 Å². The molecule has 9 heteroatoms. The van der Waals surface area contributed by atoms with Gasteiger partial charge in [0.1, 0.15) is 5.82 Å². The smallest absolute Gasteiger partial charge is 0.329 e. The van der Waals surface area contributed by atoms with E-state index < -0.39 is 12.1 Å². The first-order valence-electron chi connectivity index (χ1n) is 8.06. The lowest BCUT2D eigenvalue weighted by Crippen LogP contribution is -2.11. The van der Waals surface area contributed by atoms with E-state index >= 15 is 0 Å². The Morgan fingerprint density at radius 1 is 1.12 bits per heavy atom. The van der Waals surface area contributed by atoms with Gasteiger partial charge in [0, 0.05) is 19.0 Å². The first-order valence-corrected chi connectivity index (χ1v) is 8.06. The Bertz CT molecular complexity index is 659. The number of carbonyl (C=O) groups excluding carboxylic acids is 1. The highest BCUT2D eigenvalue weighted by molar-refractivity contribution is 5.89. The van der Waals surface area contributed by atoms with E-state index in [0.29, 0.717) is 25.1 Å². The highest BCUT2D eigenvalue weighted by Crippen LogP contribution is 2.27. The number of halogens is 3. The zero-order valence-corrected chi connectivity index (χ0v) is 13.6. The average molecular weight is 356 g/mol. The molecule has 25 heavy (non-hydrogen) atoms. The quantitative estimate of drug-likeness (QED) is 0.687. The molecule has 0 spiro atoms. The summed E-state index contributed by atoms with van der Waals surface area (Å²) >= 11 is 0. The Hall–Kier alpha value is -2.45. The van der Waals surface area contributed by atoms with E-state index in [-0.39, 0.29) is 11.7 Å². The normalized spacial score (nSPS) is 11.5. The largest absolute Gasteiger partial charge is 0.471 e. The molecule has 2 rings (SSSR count). The maximum atomic E-state index is 12.3. The number of aryl methyl sites for hydroxylation is 1. The highest BCUT2D eigenvalue weighted by Gasteiger charge is 2.38. The number of unbranched alkanes of at least 4 members (excludes halogenated alkanes) is 4. The minimum atomic E-state index is -4.60. The van der Waals surface area contributed by atoms with Crippen molar-refractivity contribution in [1.29, 1.82) is 0 Å². The number of aromatic nitrogens is 3. The number of alkyl halides is 3. The molecule has 2 aromatic heterocycles. The number of anilines is 1. The summed E-state index contributed by atoms with van der Waals surface area (Å²) < 4.78 is 41.1. The van der Waals surface area contributed by atoms with Gasteiger partial charge in [-0.15, -0.1) is 0 Å². The van der Waals surface area contributed by atoms with Gasteiger partial charge in [-0.2, -0.15) is 18.2 Å². The standard InChI is InChI=1S/C16H19F3N4O2/c17-16(18,19)15-22-13(23-25-15)9-4-2-1-3-5-10-14(24)21-12-8-6-7-11-20-12/h6-8,11H,1-5,9-10H2,(H,20,21,24). The molecule has 2 aromatic rings. The van der Waals surface area contributed by atoms with Gasteiger partial charge in [0.05, 0.1) is 0 Å². The van der Waals surface area contributed by atoms with Gasteiger partial charge >= 0.3 is 12.1 Å². The number of hydrogen-bond donors (Lipinski definition) is 1. The van der Waals surface area contributed by atoms with Crippen LogP contribution in [0, 0.1) is 0 Å². The van der Waals surface area contributed by atoms with E-state index in [1.165, 1.54) is 0 Å². The fraction of sp³-hybridized carbons (Fsp3) is 0.500. The molecule has 136 valence electrons. The second-order valence-corrected chi connectivity index (χ2v) is 5.54. The SMILES string of the molecule is O=C(CCCCCCCc1noc(C(F)(F)F)n1)Nc1ccccn1. The van der Waals surface area contributed by atoms with Crippen LogP contribution in [0.5, 0.6) is 0 Å². The van der Waals surface area contributed by atoms with Crippen LogP contribution in [0.2, 0.25) is 0 Å². The molecule has 0 aliphatic rings. The molecule has 0 radical (unpaired) electrons.